The standard InChI is InChI=1S/C19H14N2O3S/c22-18(23-11-16-8-13-4-1-2-6-17(13)24-16)9-15-12-25-19(21-15)14-5-3-7-20-10-14/h1-8,10,12H,9,11H2. The van der Waals surface area contributed by atoms with Gasteiger partial charge in [0.15, 0.2) is 0 Å². The largest absolute Gasteiger partial charge is 0.457 e. The number of aromatic nitrogens is 2. The molecule has 3 aromatic heterocycles. The fourth-order valence-electron chi connectivity index (χ4n) is 2.47. The van der Waals surface area contributed by atoms with Gasteiger partial charge in [0.2, 0.25) is 0 Å². The highest BCUT2D eigenvalue weighted by Gasteiger charge is 2.12. The van der Waals surface area contributed by atoms with Gasteiger partial charge in [0, 0.05) is 28.7 Å². The zero-order valence-electron chi connectivity index (χ0n) is 13.2. The highest BCUT2D eigenvalue weighted by Crippen LogP contribution is 2.23. The molecule has 0 amide bonds. The fourth-order valence-corrected chi connectivity index (χ4v) is 3.28. The van der Waals surface area contributed by atoms with Gasteiger partial charge in [-0.15, -0.1) is 11.3 Å². The number of ether oxygens (including phenoxy) is 1. The molecule has 0 aliphatic rings. The topological polar surface area (TPSA) is 65.2 Å². The molecular weight excluding hydrogens is 336 g/mol. The second-order valence-electron chi connectivity index (χ2n) is 5.47. The average Bonchev–Trinajstić information content (AvgIpc) is 3.27. The summed E-state index contributed by atoms with van der Waals surface area (Å²) < 4.78 is 10.9. The molecule has 0 saturated carbocycles. The number of carbonyl (C=O) groups excluding carboxylic acids is 1. The van der Waals surface area contributed by atoms with Gasteiger partial charge >= 0.3 is 5.97 Å². The van der Waals surface area contributed by atoms with Crippen molar-refractivity contribution in [3.05, 3.63) is 71.7 Å². The lowest BCUT2D eigenvalue weighted by atomic mass is 10.2. The minimum Gasteiger partial charge on any atom is -0.457 e. The molecule has 0 radical (unpaired) electrons. The Morgan fingerprint density at radius 1 is 1.20 bits per heavy atom. The molecule has 5 nitrogen and oxygen atoms in total. The van der Waals surface area contributed by atoms with Crippen molar-refractivity contribution in [2.45, 2.75) is 13.0 Å². The normalized spacial score (nSPS) is 10.9. The fraction of sp³-hybridized carbons (Fsp3) is 0.105. The number of benzene rings is 1. The first kappa shape index (κ1) is 15.5. The lowest BCUT2D eigenvalue weighted by Gasteiger charge is -2.01. The monoisotopic (exact) mass is 350 g/mol. The Bertz CT molecular complexity index is 975. The number of carbonyl (C=O) groups is 1. The number of nitrogens with zero attached hydrogens (tertiary/aromatic N) is 2. The van der Waals surface area contributed by atoms with E-state index in [0.717, 1.165) is 21.5 Å². The van der Waals surface area contributed by atoms with Crippen LogP contribution in [0.2, 0.25) is 0 Å². The van der Waals surface area contributed by atoms with Crippen molar-refractivity contribution >= 4 is 28.3 Å². The van der Waals surface area contributed by atoms with Crippen molar-refractivity contribution in [3.8, 4) is 10.6 Å². The number of pyridine rings is 1. The van der Waals surface area contributed by atoms with Crippen molar-refractivity contribution in [1.82, 2.24) is 9.97 Å². The maximum absolute atomic E-state index is 12.0. The van der Waals surface area contributed by atoms with E-state index in [1.165, 1.54) is 11.3 Å². The van der Waals surface area contributed by atoms with Crippen LogP contribution in [0.5, 0.6) is 0 Å². The van der Waals surface area contributed by atoms with E-state index in [1.807, 2.05) is 47.8 Å². The van der Waals surface area contributed by atoms with Crippen LogP contribution in [-0.2, 0) is 22.6 Å². The Balaban J connectivity index is 1.37. The molecule has 0 aliphatic heterocycles. The van der Waals surface area contributed by atoms with Gasteiger partial charge in [-0.2, -0.15) is 0 Å². The van der Waals surface area contributed by atoms with E-state index >= 15 is 0 Å². The molecule has 6 heteroatoms. The molecule has 124 valence electrons. The van der Waals surface area contributed by atoms with E-state index in [0.29, 0.717) is 11.5 Å². The van der Waals surface area contributed by atoms with Gasteiger partial charge in [-0.05, 0) is 24.3 Å². The molecule has 3 heterocycles. The van der Waals surface area contributed by atoms with Gasteiger partial charge in [0.25, 0.3) is 0 Å². The van der Waals surface area contributed by atoms with Gasteiger partial charge in [0.1, 0.15) is 23.0 Å². The predicted molar refractivity (Wildman–Crippen MR) is 95.1 cm³/mol. The first-order chi connectivity index (χ1) is 12.3. The Morgan fingerprint density at radius 3 is 2.96 bits per heavy atom. The van der Waals surface area contributed by atoms with Crippen LogP contribution in [-0.4, -0.2) is 15.9 Å². The van der Waals surface area contributed by atoms with Crippen molar-refractivity contribution in [2.75, 3.05) is 0 Å². The van der Waals surface area contributed by atoms with Crippen molar-refractivity contribution in [3.63, 3.8) is 0 Å². The Morgan fingerprint density at radius 2 is 2.12 bits per heavy atom. The van der Waals surface area contributed by atoms with Crippen molar-refractivity contribution in [2.24, 2.45) is 0 Å². The van der Waals surface area contributed by atoms with Crippen LogP contribution in [0.15, 0.2) is 64.7 Å². The second kappa shape index (κ2) is 6.86. The molecule has 25 heavy (non-hydrogen) atoms. The number of hydrogen-bond acceptors (Lipinski definition) is 6. The highest BCUT2D eigenvalue weighted by molar-refractivity contribution is 7.13. The Kier molecular flexibility index (Phi) is 4.26. The molecule has 4 rings (SSSR count). The Labute approximate surface area is 147 Å². The van der Waals surface area contributed by atoms with E-state index in [9.17, 15) is 4.79 Å². The highest BCUT2D eigenvalue weighted by atomic mass is 32.1. The predicted octanol–water partition coefficient (Wildman–Crippen LogP) is 4.24. The molecule has 0 bridgehead atoms. The molecule has 0 N–H and O–H groups in total. The van der Waals surface area contributed by atoms with Gasteiger partial charge in [0.05, 0.1) is 12.1 Å². The number of fused-ring (bicyclic) bond motifs is 1. The summed E-state index contributed by atoms with van der Waals surface area (Å²) >= 11 is 1.48. The minimum absolute atomic E-state index is 0.118. The van der Waals surface area contributed by atoms with E-state index in [2.05, 4.69) is 9.97 Å². The van der Waals surface area contributed by atoms with Crippen molar-refractivity contribution in [1.29, 1.82) is 0 Å². The molecule has 4 aromatic rings. The summed E-state index contributed by atoms with van der Waals surface area (Å²) in [7, 11) is 0. The first-order valence-electron chi connectivity index (χ1n) is 7.76. The zero-order chi connectivity index (χ0) is 17.1. The number of rotatable bonds is 5. The summed E-state index contributed by atoms with van der Waals surface area (Å²) in [4.78, 5) is 20.6. The summed E-state index contributed by atoms with van der Waals surface area (Å²) in [6, 6.07) is 13.4. The third-order valence-electron chi connectivity index (χ3n) is 3.64. The van der Waals surface area contributed by atoms with Crippen LogP contribution in [0, 0.1) is 0 Å². The van der Waals surface area contributed by atoms with Gasteiger partial charge in [-0.1, -0.05) is 18.2 Å². The molecule has 0 unspecified atom stereocenters. The van der Waals surface area contributed by atoms with Crippen LogP contribution in [0.3, 0.4) is 0 Å². The van der Waals surface area contributed by atoms with Crippen LogP contribution in [0.1, 0.15) is 11.5 Å². The number of thiazole rings is 1. The van der Waals surface area contributed by atoms with Crippen molar-refractivity contribution < 1.29 is 13.9 Å². The smallest absolute Gasteiger partial charge is 0.312 e. The second-order valence-corrected chi connectivity index (χ2v) is 6.33. The van der Waals surface area contributed by atoms with E-state index in [1.54, 1.807) is 12.4 Å². The molecule has 0 atom stereocenters. The SMILES string of the molecule is O=C(Cc1csc(-c2cccnc2)n1)OCc1cc2ccccc2o1. The summed E-state index contributed by atoms with van der Waals surface area (Å²) in [5.74, 6) is 0.298. The van der Waals surface area contributed by atoms with Crippen LogP contribution in [0.25, 0.3) is 21.5 Å². The van der Waals surface area contributed by atoms with E-state index in [-0.39, 0.29) is 19.0 Å². The zero-order valence-corrected chi connectivity index (χ0v) is 14.0. The van der Waals surface area contributed by atoms with Crippen LogP contribution < -0.4 is 0 Å². The van der Waals surface area contributed by atoms with Gasteiger partial charge in [-0.3, -0.25) is 9.78 Å². The number of para-hydroxylation sites is 1. The summed E-state index contributed by atoms with van der Waals surface area (Å²) in [5.41, 5.74) is 2.42. The number of furan rings is 1. The lowest BCUT2D eigenvalue weighted by Crippen LogP contribution is -2.07. The molecule has 0 spiro atoms. The number of esters is 1. The maximum atomic E-state index is 12.0. The van der Waals surface area contributed by atoms with Gasteiger partial charge in [-0.25, -0.2) is 4.98 Å². The molecule has 1 aromatic carbocycles. The van der Waals surface area contributed by atoms with Crippen LogP contribution in [0.4, 0.5) is 0 Å². The molecular formula is C19H14N2O3S. The van der Waals surface area contributed by atoms with E-state index < -0.39 is 0 Å². The van der Waals surface area contributed by atoms with Crippen LogP contribution >= 0.6 is 11.3 Å². The summed E-state index contributed by atoms with van der Waals surface area (Å²) in [6.07, 6.45) is 3.60. The molecule has 0 aliphatic carbocycles. The van der Waals surface area contributed by atoms with E-state index in [4.69, 9.17) is 9.15 Å². The first-order valence-corrected chi connectivity index (χ1v) is 8.64. The average molecular weight is 350 g/mol. The molecule has 0 fully saturated rings. The summed E-state index contributed by atoms with van der Waals surface area (Å²) in [5, 5.41) is 3.70. The van der Waals surface area contributed by atoms with Gasteiger partial charge < -0.3 is 9.15 Å². The quantitative estimate of drug-likeness (QED) is 0.504. The number of hydrogen-bond donors (Lipinski definition) is 0. The third kappa shape index (κ3) is 3.59. The Hall–Kier alpha value is -2.99. The summed E-state index contributed by atoms with van der Waals surface area (Å²) in [6.45, 7) is 0.118. The maximum Gasteiger partial charge on any atom is 0.312 e. The lowest BCUT2D eigenvalue weighted by molar-refractivity contribution is -0.144. The third-order valence-corrected chi connectivity index (χ3v) is 4.58. The minimum atomic E-state index is -0.330. The molecule has 0 saturated heterocycles.